The van der Waals surface area contributed by atoms with Gasteiger partial charge < -0.3 is 11.3 Å². The first kappa shape index (κ1) is 14.8. The van der Waals surface area contributed by atoms with E-state index in [2.05, 4.69) is 13.8 Å². The largest absolute Gasteiger partial charge is 0.481 e. The van der Waals surface area contributed by atoms with Crippen LogP contribution in [0.25, 0.3) is 0 Å². The van der Waals surface area contributed by atoms with Crippen LogP contribution >= 0.6 is 12.4 Å². The van der Waals surface area contributed by atoms with Gasteiger partial charge in [-0.3, -0.25) is 4.79 Å². The summed E-state index contributed by atoms with van der Waals surface area (Å²) >= 11 is 0. The summed E-state index contributed by atoms with van der Waals surface area (Å²) < 4.78 is 0. The SMILES string of the molecule is CC12CC3CC(C)(C1)CC(C(=O)O)(C3)C2.Cl.N. The number of aliphatic carboxylic acids is 1. The zero-order valence-corrected chi connectivity index (χ0v) is 11.6. The number of halogens is 1. The van der Waals surface area contributed by atoms with E-state index in [9.17, 15) is 9.90 Å². The van der Waals surface area contributed by atoms with Crippen LogP contribution in [0.3, 0.4) is 0 Å². The van der Waals surface area contributed by atoms with Crippen LogP contribution in [-0.2, 0) is 4.79 Å². The van der Waals surface area contributed by atoms with Crippen molar-refractivity contribution >= 4 is 18.4 Å². The first-order valence-corrected chi connectivity index (χ1v) is 6.08. The molecule has 2 atom stereocenters. The van der Waals surface area contributed by atoms with Gasteiger partial charge in [0, 0.05) is 0 Å². The average Bonchev–Trinajstić information content (AvgIpc) is 1.95. The van der Waals surface area contributed by atoms with Crippen molar-refractivity contribution in [2.45, 2.75) is 52.4 Å². The lowest BCUT2D eigenvalue weighted by atomic mass is 9.40. The quantitative estimate of drug-likeness (QED) is 0.757. The normalized spacial score (nSPS) is 50.4. The lowest BCUT2D eigenvalue weighted by Crippen LogP contribution is -2.57. The van der Waals surface area contributed by atoms with Crippen molar-refractivity contribution in [2.75, 3.05) is 0 Å². The molecule has 4 N–H and O–H groups in total. The molecular weight excluding hydrogens is 238 g/mol. The standard InChI is InChI=1S/C13H20O2.ClH.H3N/c1-11-3-9-4-12(2,6-11)8-13(5-9,7-11)10(14)15;;/h9H,3-8H2,1-2H3,(H,14,15);1H;1H3. The fourth-order valence-corrected chi connectivity index (χ4v) is 5.69. The Balaban J connectivity index is 0.000000722. The molecule has 4 saturated carbocycles. The molecule has 0 aromatic carbocycles. The van der Waals surface area contributed by atoms with Crippen LogP contribution in [0.1, 0.15) is 52.4 Å². The van der Waals surface area contributed by atoms with Crippen LogP contribution in [0.15, 0.2) is 0 Å². The lowest BCUT2D eigenvalue weighted by Gasteiger charge is -2.63. The van der Waals surface area contributed by atoms with Crippen molar-refractivity contribution in [3.8, 4) is 0 Å². The van der Waals surface area contributed by atoms with E-state index in [0.29, 0.717) is 16.7 Å². The minimum absolute atomic E-state index is 0. The minimum Gasteiger partial charge on any atom is -0.481 e. The maximum atomic E-state index is 11.5. The van der Waals surface area contributed by atoms with Crippen molar-refractivity contribution < 1.29 is 9.90 Å². The molecule has 4 aliphatic carbocycles. The number of carboxylic acids is 1. The molecule has 2 unspecified atom stereocenters. The van der Waals surface area contributed by atoms with E-state index in [0.717, 1.165) is 19.3 Å². The van der Waals surface area contributed by atoms with Gasteiger partial charge in [-0.2, -0.15) is 0 Å². The highest BCUT2D eigenvalue weighted by Gasteiger charge is 2.62. The summed E-state index contributed by atoms with van der Waals surface area (Å²) in [5.41, 5.74) is 0.294. The highest BCUT2D eigenvalue weighted by Crippen LogP contribution is 2.69. The monoisotopic (exact) mass is 261 g/mol. The molecule has 0 spiro atoms. The van der Waals surface area contributed by atoms with Gasteiger partial charge in [0.2, 0.25) is 0 Å². The van der Waals surface area contributed by atoms with Gasteiger partial charge in [0.1, 0.15) is 0 Å². The molecule has 17 heavy (non-hydrogen) atoms. The molecule has 0 radical (unpaired) electrons. The molecule has 4 rings (SSSR count). The van der Waals surface area contributed by atoms with Gasteiger partial charge >= 0.3 is 5.97 Å². The van der Waals surface area contributed by atoms with E-state index in [4.69, 9.17) is 0 Å². The van der Waals surface area contributed by atoms with Crippen molar-refractivity contribution in [3.05, 3.63) is 0 Å². The van der Waals surface area contributed by atoms with Crippen LogP contribution < -0.4 is 6.15 Å². The third-order valence-corrected chi connectivity index (χ3v) is 5.08. The summed E-state index contributed by atoms with van der Waals surface area (Å²) in [6.07, 6.45) is 6.62. The number of rotatable bonds is 1. The van der Waals surface area contributed by atoms with Crippen molar-refractivity contribution in [1.82, 2.24) is 6.15 Å². The van der Waals surface area contributed by atoms with Crippen LogP contribution in [0.2, 0.25) is 0 Å². The van der Waals surface area contributed by atoms with Crippen LogP contribution in [0, 0.1) is 22.2 Å². The Labute approximate surface area is 109 Å². The number of hydrogen-bond acceptors (Lipinski definition) is 2. The van der Waals surface area contributed by atoms with Gasteiger partial charge in [-0.15, -0.1) is 12.4 Å². The Morgan fingerprint density at radius 2 is 1.53 bits per heavy atom. The van der Waals surface area contributed by atoms with Gasteiger partial charge in [-0.05, 0) is 55.3 Å². The zero-order chi connectivity index (χ0) is 10.9. The maximum absolute atomic E-state index is 11.5. The molecule has 100 valence electrons. The van der Waals surface area contributed by atoms with Crippen molar-refractivity contribution in [2.24, 2.45) is 22.2 Å². The molecule has 4 bridgehead atoms. The Hall–Kier alpha value is -0.280. The Kier molecular flexibility index (Phi) is 3.35. The van der Waals surface area contributed by atoms with E-state index >= 15 is 0 Å². The molecule has 4 heteroatoms. The third-order valence-electron chi connectivity index (χ3n) is 5.08. The van der Waals surface area contributed by atoms with Gasteiger partial charge in [0.15, 0.2) is 0 Å². The molecule has 0 saturated heterocycles. The predicted octanol–water partition coefficient (Wildman–Crippen LogP) is 3.65. The van der Waals surface area contributed by atoms with E-state index < -0.39 is 5.97 Å². The highest BCUT2D eigenvalue weighted by molar-refractivity contribution is 5.85. The summed E-state index contributed by atoms with van der Waals surface area (Å²) in [5, 5.41) is 9.51. The fourth-order valence-electron chi connectivity index (χ4n) is 5.69. The van der Waals surface area contributed by atoms with Gasteiger partial charge in [0.25, 0.3) is 0 Å². The van der Waals surface area contributed by atoms with E-state index in [1.807, 2.05) is 0 Å². The summed E-state index contributed by atoms with van der Waals surface area (Å²) in [6.45, 7) is 4.63. The molecule has 0 amide bonds. The molecule has 0 aromatic rings. The van der Waals surface area contributed by atoms with Crippen molar-refractivity contribution in [3.63, 3.8) is 0 Å². The summed E-state index contributed by atoms with van der Waals surface area (Å²) in [7, 11) is 0. The molecular formula is C13H24ClNO2. The molecule has 0 heterocycles. The first-order chi connectivity index (χ1) is 6.85. The lowest BCUT2D eigenvalue weighted by molar-refractivity contribution is -0.185. The van der Waals surface area contributed by atoms with E-state index in [1.165, 1.54) is 19.3 Å². The van der Waals surface area contributed by atoms with Gasteiger partial charge in [-0.25, -0.2) is 0 Å². The highest BCUT2D eigenvalue weighted by atomic mass is 35.5. The first-order valence-electron chi connectivity index (χ1n) is 6.08. The number of hydrogen-bond donors (Lipinski definition) is 2. The summed E-state index contributed by atoms with van der Waals surface area (Å²) in [4.78, 5) is 11.5. The molecule has 0 aliphatic heterocycles. The molecule has 4 fully saturated rings. The van der Waals surface area contributed by atoms with E-state index in [-0.39, 0.29) is 24.0 Å². The molecule has 3 nitrogen and oxygen atoms in total. The topological polar surface area (TPSA) is 72.3 Å². The number of carbonyl (C=O) groups is 1. The third kappa shape index (κ3) is 1.97. The van der Waals surface area contributed by atoms with E-state index in [1.54, 1.807) is 0 Å². The summed E-state index contributed by atoms with van der Waals surface area (Å²) in [6, 6.07) is 0. The Morgan fingerprint density at radius 3 is 1.88 bits per heavy atom. The van der Waals surface area contributed by atoms with Crippen molar-refractivity contribution in [1.29, 1.82) is 0 Å². The Morgan fingerprint density at radius 1 is 1.06 bits per heavy atom. The van der Waals surface area contributed by atoms with Crippen LogP contribution in [0.4, 0.5) is 0 Å². The second-order valence-corrected chi connectivity index (χ2v) is 7.22. The Bertz CT molecular complexity index is 326. The minimum atomic E-state index is -0.524. The summed E-state index contributed by atoms with van der Waals surface area (Å²) in [5.74, 6) is 0.163. The smallest absolute Gasteiger partial charge is 0.309 e. The van der Waals surface area contributed by atoms with Gasteiger partial charge in [-0.1, -0.05) is 13.8 Å². The second kappa shape index (κ2) is 3.86. The zero-order valence-electron chi connectivity index (χ0n) is 10.8. The number of carboxylic acid groups (broad SMARTS) is 1. The maximum Gasteiger partial charge on any atom is 0.309 e. The van der Waals surface area contributed by atoms with Crippen LogP contribution in [0.5, 0.6) is 0 Å². The van der Waals surface area contributed by atoms with Crippen LogP contribution in [-0.4, -0.2) is 11.1 Å². The second-order valence-electron chi connectivity index (χ2n) is 7.22. The molecule has 4 aliphatic rings. The molecule has 0 aromatic heterocycles. The average molecular weight is 262 g/mol. The predicted molar refractivity (Wildman–Crippen MR) is 69.7 cm³/mol. The van der Waals surface area contributed by atoms with Gasteiger partial charge in [0.05, 0.1) is 5.41 Å². The fraction of sp³-hybridized carbons (Fsp3) is 0.923.